The van der Waals surface area contributed by atoms with Crippen LogP contribution in [0.15, 0.2) is 42.5 Å². The zero-order valence-electron chi connectivity index (χ0n) is 12.1. The molecule has 0 fully saturated rings. The van der Waals surface area contributed by atoms with Gasteiger partial charge in [-0.15, -0.1) is 0 Å². The quantitative estimate of drug-likeness (QED) is 0.869. The van der Waals surface area contributed by atoms with Crippen molar-refractivity contribution in [1.82, 2.24) is 0 Å². The molecule has 2 aromatic rings. The number of rotatable bonds is 4. The van der Waals surface area contributed by atoms with Crippen LogP contribution in [-0.2, 0) is 0 Å². The first-order chi connectivity index (χ1) is 9.54. The lowest BCUT2D eigenvalue weighted by molar-refractivity contribution is 0.199. The number of anilines is 2. The van der Waals surface area contributed by atoms with Crippen LogP contribution in [-0.4, -0.2) is 11.7 Å². The van der Waals surface area contributed by atoms with Gasteiger partial charge in [0.1, 0.15) is 0 Å². The van der Waals surface area contributed by atoms with Gasteiger partial charge in [-0.25, -0.2) is 0 Å². The normalized spacial score (nSPS) is 12.2. The molecule has 0 aliphatic rings. The van der Waals surface area contributed by atoms with Crippen molar-refractivity contribution in [1.29, 1.82) is 0 Å². The Hall–Kier alpha value is -1.51. The molecule has 2 nitrogen and oxygen atoms in total. The summed E-state index contributed by atoms with van der Waals surface area (Å²) in [5.74, 6) is 0. The van der Waals surface area contributed by atoms with Crippen LogP contribution in [0.3, 0.4) is 0 Å². The lowest BCUT2D eigenvalue weighted by atomic mass is 10.1. The summed E-state index contributed by atoms with van der Waals surface area (Å²) in [4.78, 5) is 2.18. The predicted molar refractivity (Wildman–Crippen MR) is 85.9 cm³/mol. The molecule has 0 bridgehead atoms. The molecular formula is C17H20ClNO. The Morgan fingerprint density at radius 3 is 2.40 bits per heavy atom. The predicted octanol–water partition coefficient (Wildman–Crippen LogP) is 4.86. The average molecular weight is 290 g/mol. The molecule has 1 N–H and O–H groups in total. The van der Waals surface area contributed by atoms with Gasteiger partial charge in [0.05, 0.1) is 16.8 Å². The number of hydrogen-bond donors (Lipinski definition) is 1. The Kier molecular flexibility index (Phi) is 4.69. The standard InChI is InChI=1S/C17H20ClNO/c1-4-19(16-8-6-5-7-12(16)2)17-10-9-14(13(3)20)11-15(17)18/h5-11,13,20H,4H2,1-3H3/t13-/m1/s1. The van der Waals surface area contributed by atoms with Crippen molar-refractivity contribution in [2.75, 3.05) is 11.4 Å². The summed E-state index contributed by atoms with van der Waals surface area (Å²) < 4.78 is 0. The van der Waals surface area contributed by atoms with Crippen LogP contribution in [0.5, 0.6) is 0 Å². The largest absolute Gasteiger partial charge is 0.389 e. The summed E-state index contributed by atoms with van der Waals surface area (Å²) in [7, 11) is 0. The maximum atomic E-state index is 9.62. The fourth-order valence-corrected chi connectivity index (χ4v) is 2.63. The van der Waals surface area contributed by atoms with E-state index in [4.69, 9.17) is 11.6 Å². The van der Waals surface area contributed by atoms with E-state index in [0.717, 1.165) is 23.5 Å². The van der Waals surface area contributed by atoms with Crippen molar-refractivity contribution in [2.45, 2.75) is 26.9 Å². The second-order valence-electron chi connectivity index (χ2n) is 4.92. The van der Waals surface area contributed by atoms with Crippen LogP contribution in [0.1, 0.15) is 31.1 Å². The Morgan fingerprint density at radius 1 is 1.15 bits per heavy atom. The molecule has 0 heterocycles. The fraction of sp³-hybridized carbons (Fsp3) is 0.294. The van der Waals surface area contributed by atoms with Crippen LogP contribution in [0.2, 0.25) is 5.02 Å². The smallest absolute Gasteiger partial charge is 0.0762 e. The van der Waals surface area contributed by atoms with Crippen molar-refractivity contribution in [2.24, 2.45) is 0 Å². The lowest BCUT2D eigenvalue weighted by Crippen LogP contribution is -2.17. The second-order valence-corrected chi connectivity index (χ2v) is 5.32. The van der Waals surface area contributed by atoms with Crippen LogP contribution in [0.4, 0.5) is 11.4 Å². The minimum absolute atomic E-state index is 0.505. The number of para-hydroxylation sites is 1. The summed E-state index contributed by atoms with van der Waals surface area (Å²) in [6.07, 6.45) is -0.505. The Labute approximate surface area is 125 Å². The van der Waals surface area contributed by atoms with Gasteiger partial charge in [0.25, 0.3) is 0 Å². The van der Waals surface area contributed by atoms with Crippen LogP contribution >= 0.6 is 11.6 Å². The zero-order valence-corrected chi connectivity index (χ0v) is 12.9. The van der Waals surface area contributed by atoms with Gasteiger partial charge < -0.3 is 10.0 Å². The van der Waals surface area contributed by atoms with Gasteiger partial charge in [-0.3, -0.25) is 0 Å². The number of halogens is 1. The monoisotopic (exact) mass is 289 g/mol. The third kappa shape index (κ3) is 2.97. The molecule has 0 aromatic heterocycles. The van der Waals surface area contributed by atoms with Crippen molar-refractivity contribution in [3.63, 3.8) is 0 Å². The third-order valence-corrected chi connectivity index (χ3v) is 3.77. The molecule has 0 unspecified atom stereocenters. The summed E-state index contributed by atoms with van der Waals surface area (Å²) in [5.41, 5.74) is 4.17. The van der Waals surface area contributed by atoms with Gasteiger partial charge in [0, 0.05) is 12.2 Å². The topological polar surface area (TPSA) is 23.5 Å². The summed E-state index contributed by atoms with van der Waals surface area (Å²) in [5, 5.41) is 10.3. The molecule has 0 aliphatic heterocycles. The zero-order chi connectivity index (χ0) is 14.7. The van der Waals surface area contributed by atoms with Gasteiger partial charge >= 0.3 is 0 Å². The molecule has 0 saturated heterocycles. The molecule has 106 valence electrons. The van der Waals surface area contributed by atoms with E-state index in [2.05, 4.69) is 30.9 Å². The summed E-state index contributed by atoms with van der Waals surface area (Å²) in [6, 6.07) is 14.0. The highest BCUT2D eigenvalue weighted by molar-refractivity contribution is 6.33. The van der Waals surface area contributed by atoms with E-state index < -0.39 is 6.10 Å². The van der Waals surface area contributed by atoms with Gasteiger partial charge in [0.15, 0.2) is 0 Å². The molecule has 0 radical (unpaired) electrons. The van der Waals surface area contributed by atoms with Gasteiger partial charge in [0.2, 0.25) is 0 Å². The number of aliphatic hydroxyl groups is 1. The number of nitrogens with zero attached hydrogens (tertiary/aromatic N) is 1. The molecule has 20 heavy (non-hydrogen) atoms. The summed E-state index contributed by atoms with van der Waals surface area (Å²) >= 11 is 6.40. The van der Waals surface area contributed by atoms with Crippen molar-refractivity contribution >= 4 is 23.0 Å². The van der Waals surface area contributed by atoms with E-state index in [9.17, 15) is 5.11 Å². The van der Waals surface area contributed by atoms with E-state index in [-0.39, 0.29) is 0 Å². The number of hydrogen-bond acceptors (Lipinski definition) is 2. The van der Waals surface area contributed by atoms with E-state index in [1.807, 2.05) is 30.3 Å². The molecule has 0 saturated carbocycles. The molecule has 0 amide bonds. The van der Waals surface area contributed by atoms with Crippen LogP contribution in [0, 0.1) is 6.92 Å². The Bertz CT molecular complexity index is 595. The molecular weight excluding hydrogens is 270 g/mol. The van der Waals surface area contributed by atoms with E-state index in [0.29, 0.717) is 5.02 Å². The van der Waals surface area contributed by atoms with Crippen molar-refractivity contribution in [3.05, 3.63) is 58.6 Å². The molecule has 0 spiro atoms. The minimum Gasteiger partial charge on any atom is -0.389 e. The third-order valence-electron chi connectivity index (χ3n) is 3.47. The van der Waals surface area contributed by atoms with E-state index >= 15 is 0 Å². The first-order valence-corrected chi connectivity index (χ1v) is 7.23. The highest BCUT2D eigenvalue weighted by Crippen LogP contribution is 2.34. The molecule has 2 aromatic carbocycles. The average Bonchev–Trinajstić information content (AvgIpc) is 2.43. The maximum Gasteiger partial charge on any atom is 0.0762 e. The van der Waals surface area contributed by atoms with E-state index in [1.165, 1.54) is 5.56 Å². The first-order valence-electron chi connectivity index (χ1n) is 6.85. The second kappa shape index (κ2) is 6.29. The lowest BCUT2D eigenvalue weighted by Gasteiger charge is -2.26. The molecule has 0 aliphatic carbocycles. The summed E-state index contributed by atoms with van der Waals surface area (Å²) in [6.45, 7) is 6.77. The maximum absolute atomic E-state index is 9.62. The van der Waals surface area contributed by atoms with Gasteiger partial charge in [-0.05, 0) is 50.1 Å². The Morgan fingerprint density at radius 2 is 1.85 bits per heavy atom. The molecule has 1 atom stereocenters. The van der Waals surface area contributed by atoms with Gasteiger partial charge in [-0.1, -0.05) is 35.9 Å². The highest BCUT2D eigenvalue weighted by Gasteiger charge is 2.14. The molecule has 3 heteroatoms. The number of aryl methyl sites for hydroxylation is 1. The first kappa shape index (κ1) is 14.9. The van der Waals surface area contributed by atoms with E-state index in [1.54, 1.807) is 6.92 Å². The SMILES string of the molecule is CCN(c1ccccc1C)c1ccc([C@@H](C)O)cc1Cl. The van der Waals surface area contributed by atoms with Crippen molar-refractivity contribution < 1.29 is 5.11 Å². The van der Waals surface area contributed by atoms with Gasteiger partial charge in [-0.2, -0.15) is 0 Å². The highest BCUT2D eigenvalue weighted by atomic mass is 35.5. The number of aliphatic hydroxyl groups excluding tert-OH is 1. The van der Waals surface area contributed by atoms with Crippen LogP contribution in [0.25, 0.3) is 0 Å². The molecule has 2 rings (SSSR count). The van der Waals surface area contributed by atoms with Crippen LogP contribution < -0.4 is 4.90 Å². The van der Waals surface area contributed by atoms with Crippen molar-refractivity contribution in [3.8, 4) is 0 Å². The minimum atomic E-state index is -0.505. The Balaban J connectivity index is 2.45. The fourth-order valence-electron chi connectivity index (χ4n) is 2.34. The number of benzene rings is 2.